The molecule has 128 valence electrons. The number of halogens is 1. The van der Waals surface area contributed by atoms with Crippen molar-refractivity contribution < 1.29 is 4.39 Å². The number of rotatable bonds is 5. The number of anilines is 1. The number of nitrogens with one attached hydrogen (secondary N) is 2. The van der Waals surface area contributed by atoms with Gasteiger partial charge in [0, 0.05) is 17.1 Å². The van der Waals surface area contributed by atoms with Crippen LogP contribution in [0.15, 0.2) is 35.7 Å². The highest BCUT2D eigenvalue weighted by Gasteiger charge is 2.24. The van der Waals surface area contributed by atoms with Gasteiger partial charge in [0.1, 0.15) is 5.82 Å². The van der Waals surface area contributed by atoms with Crippen LogP contribution < -0.4 is 10.6 Å². The van der Waals surface area contributed by atoms with Crippen molar-refractivity contribution in [3.63, 3.8) is 0 Å². The second-order valence-electron chi connectivity index (χ2n) is 6.07. The molecule has 24 heavy (non-hydrogen) atoms. The molecule has 1 fully saturated rings. The maximum atomic E-state index is 13.6. The molecule has 3 nitrogen and oxygen atoms in total. The molecule has 0 spiro atoms. The standard InChI is InChI=1S/C18H22FN3S2/c1-13-6-7-14(11-15(13)19)21-18(23)20-12-16(17-5-4-10-24-17)22-8-2-3-9-22/h4-7,10-11,16H,2-3,8-9,12H2,1H3,(H2,20,21,23)/t16-/m1/s1. The molecule has 0 bridgehead atoms. The van der Waals surface area contributed by atoms with E-state index in [-0.39, 0.29) is 5.82 Å². The van der Waals surface area contributed by atoms with E-state index >= 15 is 0 Å². The second-order valence-corrected chi connectivity index (χ2v) is 7.46. The first-order valence-corrected chi connectivity index (χ1v) is 9.51. The number of thiocarbonyl (C=S) groups is 1. The summed E-state index contributed by atoms with van der Waals surface area (Å²) in [5.74, 6) is -0.226. The van der Waals surface area contributed by atoms with Crippen molar-refractivity contribution in [1.29, 1.82) is 0 Å². The predicted molar refractivity (Wildman–Crippen MR) is 103 cm³/mol. The van der Waals surface area contributed by atoms with Crippen LogP contribution in [0.5, 0.6) is 0 Å². The van der Waals surface area contributed by atoms with Gasteiger partial charge >= 0.3 is 0 Å². The maximum Gasteiger partial charge on any atom is 0.170 e. The normalized spacial score (nSPS) is 16.1. The van der Waals surface area contributed by atoms with Crippen molar-refractivity contribution in [3.05, 3.63) is 52.0 Å². The first kappa shape index (κ1) is 17.3. The molecule has 1 aliphatic heterocycles. The van der Waals surface area contributed by atoms with Gasteiger partial charge in [-0.05, 0) is 74.2 Å². The maximum absolute atomic E-state index is 13.6. The molecule has 0 radical (unpaired) electrons. The Morgan fingerprint density at radius 3 is 2.79 bits per heavy atom. The highest BCUT2D eigenvalue weighted by molar-refractivity contribution is 7.80. The fourth-order valence-electron chi connectivity index (χ4n) is 2.98. The van der Waals surface area contributed by atoms with Crippen LogP contribution in [0.2, 0.25) is 0 Å². The van der Waals surface area contributed by atoms with Crippen molar-refractivity contribution in [1.82, 2.24) is 10.2 Å². The zero-order valence-corrected chi connectivity index (χ0v) is 15.4. The van der Waals surface area contributed by atoms with Crippen molar-refractivity contribution >= 4 is 34.4 Å². The van der Waals surface area contributed by atoms with Crippen LogP contribution in [0.3, 0.4) is 0 Å². The Morgan fingerprint density at radius 2 is 2.12 bits per heavy atom. The third kappa shape index (κ3) is 4.32. The molecule has 1 aromatic heterocycles. The van der Waals surface area contributed by atoms with Gasteiger partial charge in [0.15, 0.2) is 5.11 Å². The first-order valence-electron chi connectivity index (χ1n) is 8.22. The van der Waals surface area contributed by atoms with E-state index < -0.39 is 0 Å². The van der Waals surface area contributed by atoms with Crippen LogP contribution in [0.4, 0.5) is 10.1 Å². The largest absolute Gasteiger partial charge is 0.360 e. The Bertz CT molecular complexity index is 682. The molecular formula is C18H22FN3S2. The summed E-state index contributed by atoms with van der Waals surface area (Å²) in [6.45, 7) is 4.76. The topological polar surface area (TPSA) is 27.3 Å². The molecule has 0 amide bonds. The summed E-state index contributed by atoms with van der Waals surface area (Å²) in [5.41, 5.74) is 1.30. The number of hydrogen-bond acceptors (Lipinski definition) is 3. The third-order valence-corrected chi connectivity index (χ3v) is 5.56. The lowest BCUT2D eigenvalue weighted by Crippen LogP contribution is -2.38. The molecule has 1 atom stereocenters. The predicted octanol–water partition coefficient (Wildman–Crippen LogP) is 4.32. The molecule has 1 aliphatic rings. The molecule has 2 N–H and O–H groups in total. The van der Waals surface area contributed by atoms with Crippen molar-refractivity contribution in [2.24, 2.45) is 0 Å². The summed E-state index contributed by atoms with van der Waals surface area (Å²) in [5, 5.41) is 9.00. The summed E-state index contributed by atoms with van der Waals surface area (Å²) >= 11 is 7.16. The fraction of sp³-hybridized carbons (Fsp3) is 0.389. The van der Waals surface area contributed by atoms with Crippen molar-refractivity contribution in [2.45, 2.75) is 25.8 Å². The third-order valence-electron chi connectivity index (χ3n) is 4.34. The lowest BCUT2D eigenvalue weighted by atomic mass is 10.2. The number of likely N-dealkylation sites (tertiary alicyclic amines) is 1. The monoisotopic (exact) mass is 363 g/mol. The fourth-order valence-corrected chi connectivity index (χ4v) is 4.04. The zero-order valence-electron chi connectivity index (χ0n) is 13.7. The van der Waals surface area contributed by atoms with Crippen molar-refractivity contribution in [3.8, 4) is 0 Å². The van der Waals surface area contributed by atoms with Gasteiger partial charge in [0.2, 0.25) is 0 Å². The van der Waals surface area contributed by atoms with Gasteiger partial charge < -0.3 is 10.6 Å². The number of thiophene rings is 1. The highest BCUT2D eigenvalue weighted by atomic mass is 32.1. The first-order chi connectivity index (χ1) is 11.6. The molecule has 0 unspecified atom stereocenters. The average Bonchev–Trinajstić information content (AvgIpc) is 3.25. The molecule has 2 aromatic rings. The number of aryl methyl sites for hydroxylation is 1. The van der Waals surface area contributed by atoms with Crippen LogP contribution in [-0.4, -0.2) is 29.6 Å². The minimum Gasteiger partial charge on any atom is -0.360 e. The number of benzene rings is 1. The molecule has 6 heteroatoms. The summed E-state index contributed by atoms with van der Waals surface area (Å²) in [6.07, 6.45) is 2.51. The van der Waals surface area contributed by atoms with E-state index in [2.05, 4.69) is 33.0 Å². The average molecular weight is 364 g/mol. The van der Waals surface area contributed by atoms with E-state index in [1.54, 1.807) is 24.3 Å². The van der Waals surface area contributed by atoms with E-state index in [0.717, 1.165) is 19.6 Å². The van der Waals surface area contributed by atoms with E-state index in [9.17, 15) is 4.39 Å². The van der Waals surface area contributed by atoms with Crippen LogP contribution in [0.25, 0.3) is 0 Å². The van der Waals surface area contributed by atoms with Crippen LogP contribution in [-0.2, 0) is 0 Å². The molecule has 1 saturated heterocycles. The van der Waals surface area contributed by atoms with E-state index in [4.69, 9.17) is 12.2 Å². The quantitative estimate of drug-likeness (QED) is 0.774. The summed E-state index contributed by atoms with van der Waals surface area (Å²) in [6, 6.07) is 9.67. The Labute approximate surface area is 151 Å². The number of nitrogens with zero attached hydrogens (tertiary/aromatic N) is 1. The highest BCUT2D eigenvalue weighted by Crippen LogP contribution is 2.27. The van der Waals surface area contributed by atoms with Crippen LogP contribution in [0, 0.1) is 12.7 Å². The van der Waals surface area contributed by atoms with Crippen LogP contribution in [0.1, 0.15) is 29.3 Å². The molecule has 2 heterocycles. The molecule has 1 aromatic carbocycles. The molecule has 0 aliphatic carbocycles. The van der Waals surface area contributed by atoms with Gasteiger partial charge in [-0.2, -0.15) is 0 Å². The minimum atomic E-state index is -0.226. The molecule has 0 saturated carbocycles. The lowest BCUT2D eigenvalue weighted by Gasteiger charge is -2.27. The van der Waals surface area contributed by atoms with Gasteiger partial charge in [0.05, 0.1) is 6.04 Å². The van der Waals surface area contributed by atoms with Gasteiger partial charge in [-0.1, -0.05) is 12.1 Å². The Morgan fingerprint density at radius 1 is 1.33 bits per heavy atom. The Hall–Kier alpha value is -1.50. The molecule has 3 rings (SSSR count). The van der Waals surface area contributed by atoms with E-state index in [0.29, 0.717) is 22.4 Å². The zero-order chi connectivity index (χ0) is 16.9. The Balaban J connectivity index is 1.59. The van der Waals surface area contributed by atoms with Gasteiger partial charge in [-0.15, -0.1) is 11.3 Å². The summed E-state index contributed by atoms with van der Waals surface area (Å²) in [7, 11) is 0. The van der Waals surface area contributed by atoms with E-state index in [1.165, 1.54) is 23.8 Å². The van der Waals surface area contributed by atoms with Crippen molar-refractivity contribution in [2.75, 3.05) is 25.0 Å². The van der Waals surface area contributed by atoms with Gasteiger partial charge in [-0.3, -0.25) is 4.90 Å². The SMILES string of the molecule is Cc1ccc(NC(=S)NC[C@H](c2cccs2)N2CCCC2)cc1F. The number of hydrogen-bond donors (Lipinski definition) is 2. The summed E-state index contributed by atoms with van der Waals surface area (Å²) < 4.78 is 13.6. The van der Waals surface area contributed by atoms with Gasteiger partial charge in [-0.25, -0.2) is 4.39 Å². The summed E-state index contributed by atoms with van der Waals surface area (Å²) in [4.78, 5) is 3.86. The molecular weight excluding hydrogens is 341 g/mol. The lowest BCUT2D eigenvalue weighted by molar-refractivity contribution is 0.249. The Kier molecular flexibility index (Phi) is 5.81. The van der Waals surface area contributed by atoms with Gasteiger partial charge in [0.25, 0.3) is 0 Å². The van der Waals surface area contributed by atoms with Crippen LogP contribution >= 0.6 is 23.6 Å². The minimum absolute atomic E-state index is 0.226. The smallest absolute Gasteiger partial charge is 0.170 e. The van der Waals surface area contributed by atoms with E-state index in [1.807, 2.05) is 6.07 Å². The second kappa shape index (κ2) is 8.05.